The van der Waals surface area contributed by atoms with E-state index in [4.69, 9.17) is 4.98 Å². The number of urea groups is 1. The summed E-state index contributed by atoms with van der Waals surface area (Å²) in [6, 6.07) is 12.3. The zero-order valence-corrected chi connectivity index (χ0v) is 16.4. The van der Waals surface area contributed by atoms with Crippen molar-refractivity contribution < 1.29 is 9.18 Å². The fourth-order valence-corrected chi connectivity index (χ4v) is 3.64. The normalized spacial score (nSPS) is 14.6. The topological polar surface area (TPSA) is 53.4 Å². The smallest absolute Gasteiger partial charge is 0.322 e. The number of amides is 2. The number of fused-ring (bicyclic) bond motifs is 1. The molecule has 27 heavy (non-hydrogen) atoms. The summed E-state index contributed by atoms with van der Waals surface area (Å²) in [5, 5.41) is 2.65. The fraction of sp³-hybridized carbons (Fsp3) is 0.263. The van der Waals surface area contributed by atoms with Gasteiger partial charge in [0.15, 0.2) is 0 Å². The molecule has 0 atom stereocenters. The predicted octanol–water partition coefficient (Wildman–Crippen LogP) is 3.83. The Balaban J connectivity index is 1.42. The van der Waals surface area contributed by atoms with Gasteiger partial charge < -0.3 is 19.7 Å². The Bertz CT molecular complexity index is 997. The molecule has 0 spiro atoms. The molecule has 6 nitrogen and oxygen atoms in total. The van der Waals surface area contributed by atoms with Crippen molar-refractivity contribution in [3.8, 4) is 0 Å². The molecule has 2 aromatic carbocycles. The van der Waals surface area contributed by atoms with Gasteiger partial charge in [0, 0.05) is 37.7 Å². The molecule has 3 aromatic rings. The summed E-state index contributed by atoms with van der Waals surface area (Å²) in [6.07, 6.45) is 0. The lowest BCUT2D eigenvalue weighted by atomic mass is 10.3. The van der Waals surface area contributed by atoms with Gasteiger partial charge in [-0.3, -0.25) is 0 Å². The van der Waals surface area contributed by atoms with E-state index in [1.165, 1.54) is 6.07 Å². The number of imidazole rings is 1. The van der Waals surface area contributed by atoms with E-state index >= 15 is 0 Å². The number of aryl methyl sites for hydroxylation is 1. The van der Waals surface area contributed by atoms with Crippen LogP contribution in [0, 0.1) is 5.82 Å². The molecule has 1 aromatic heterocycles. The van der Waals surface area contributed by atoms with E-state index in [-0.39, 0.29) is 11.7 Å². The van der Waals surface area contributed by atoms with Crippen molar-refractivity contribution in [3.05, 3.63) is 52.8 Å². The van der Waals surface area contributed by atoms with Crippen molar-refractivity contribution in [2.75, 3.05) is 36.4 Å². The van der Waals surface area contributed by atoms with E-state index in [0.29, 0.717) is 30.7 Å². The largest absolute Gasteiger partial charge is 0.339 e. The minimum Gasteiger partial charge on any atom is -0.339 e. The number of aromatic nitrogens is 2. The first-order valence-electron chi connectivity index (χ1n) is 8.70. The quantitative estimate of drug-likeness (QED) is 0.670. The van der Waals surface area contributed by atoms with Crippen molar-refractivity contribution in [2.45, 2.75) is 0 Å². The Morgan fingerprint density at radius 1 is 1.15 bits per heavy atom. The third-order valence-corrected chi connectivity index (χ3v) is 5.28. The second-order valence-electron chi connectivity index (χ2n) is 6.49. The summed E-state index contributed by atoms with van der Waals surface area (Å²) in [4.78, 5) is 21.0. The number of hydrogen-bond donors (Lipinski definition) is 1. The number of benzene rings is 2. The molecule has 0 radical (unpaired) electrons. The molecule has 1 fully saturated rings. The number of halogens is 2. The molecule has 0 unspecified atom stereocenters. The van der Waals surface area contributed by atoms with Gasteiger partial charge in [-0.15, -0.1) is 0 Å². The molecule has 140 valence electrons. The highest BCUT2D eigenvalue weighted by Crippen LogP contribution is 2.23. The first kappa shape index (κ1) is 17.8. The van der Waals surface area contributed by atoms with Gasteiger partial charge in [0.05, 0.1) is 16.7 Å². The highest BCUT2D eigenvalue weighted by molar-refractivity contribution is 9.10. The third kappa shape index (κ3) is 3.49. The zero-order valence-electron chi connectivity index (χ0n) is 14.8. The minimum absolute atomic E-state index is 0.181. The van der Waals surface area contributed by atoms with Gasteiger partial charge in [0.2, 0.25) is 5.95 Å². The van der Waals surface area contributed by atoms with Crippen LogP contribution in [0.1, 0.15) is 0 Å². The number of para-hydroxylation sites is 2. The number of anilines is 2. The SMILES string of the molecule is Cn1c(N2CCN(C(=O)Nc3ccc(Br)cc3F)CC2)nc2ccccc21. The standard InChI is InChI=1S/C19H19BrFN5O/c1-24-17-5-3-2-4-16(17)22-18(24)25-8-10-26(11-9-25)19(27)23-15-7-6-13(20)12-14(15)21/h2-7,12H,8-11H2,1H3,(H,23,27). The molecular formula is C19H19BrFN5O. The van der Waals surface area contributed by atoms with Crippen LogP contribution in [-0.4, -0.2) is 46.7 Å². The monoisotopic (exact) mass is 431 g/mol. The minimum atomic E-state index is -0.462. The maximum absolute atomic E-state index is 13.9. The van der Waals surface area contributed by atoms with Crippen molar-refractivity contribution in [3.63, 3.8) is 0 Å². The van der Waals surface area contributed by atoms with Crippen LogP contribution in [0.5, 0.6) is 0 Å². The maximum Gasteiger partial charge on any atom is 0.322 e. The molecule has 2 heterocycles. The summed E-state index contributed by atoms with van der Waals surface area (Å²) in [5.74, 6) is 0.436. The molecule has 8 heteroatoms. The second-order valence-corrected chi connectivity index (χ2v) is 7.40. The van der Waals surface area contributed by atoms with E-state index in [1.807, 2.05) is 31.3 Å². The summed E-state index contributed by atoms with van der Waals surface area (Å²) in [7, 11) is 2.00. The van der Waals surface area contributed by atoms with Gasteiger partial charge in [0.1, 0.15) is 5.82 Å². The Morgan fingerprint density at radius 3 is 2.59 bits per heavy atom. The number of nitrogens with zero attached hydrogens (tertiary/aromatic N) is 4. The Hall–Kier alpha value is -2.61. The Morgan fingerprint density at radius 2 is 1.89 bits per heavy atom. The van der Waals surface area contributed by atoms with E-state index in [2.05, 4.69) is 30.7 Å². The van der Waals surface area contributed by atoms with Crippen LogP contribution in [0.3, 0.4) is 0 Å². The number of carbonyl (C=O) groups is 1. The zero-order chi connectivity index (χ0) is 19.0. The van der Waals surface area contributed by atoms with Crippen molar-refractivity contribution >= 4 is 44.6 Å². The summed E-state index contributed by atoms with van der Waals surface area (Å²) >= 11 is 3.21. The lowest BCUT2D eigenvalue weighted by Crippen LogP contribution is -2.50. The maximum atomic E-state index is 13.9. The molecule has 1 aliphatic rings. The number of carbonyl (C=O) groups excluding carboxylic acids is 1. The van der Waals surface area contributed by atoms with E-state index in [9.17, 15) is 9.18 Å². The molecule has 2 amide bonds. The van der Waals surface area contributed by atoms with Crippen LogP contribution >= 0.6 is 15.9 Å². The molecule has 0 saturated carbocycles. The van der Waals surface area contributed by atoms with E-state index in [1.54, 1.807) is 17.0 Å². The van der Waals surface area contributed by atoms with Gasteiger partial charge in [0.25, 0.3) is 0 Å². The molecule has 1 N–H and O–H groups in total. The molecule has 1 saturated heterocycles. The van der Waals surface area contributed by atoms with Gasteiger partial charge in [-0.1, -0.05) is 28.1 Å². The highest BCUT2D eigenvalue weighted by atomic mass is 79.9. The average molecular weight is 432 g/mol. The number of rotatable bonds is 2. The van der Waals surface area contributed by atoms with Crippen LogP contribution in [0.25, 0.3) is 11.0 Å². The lowest BCUT2D eigenvalue weighted by molar-refractivity contribution is 0.207. The summed E-state index contributed by atoms with van der Waals surface area (Å²) in [5.41, 5.74) is 2.22. The lowest BCUT2D eigenvalue weighted by Gasteiger charge is -2.35. The summed E-state index contributed by atoms with van der Waals surface area (Å²) < 4.78 is 16.6. The van der Waals surface area contributed by atoms with Crippen LogP contribution in [0.4, 0.5) is 20.8 Å². The fourth-order valence-electron chi connectivity index (χ4n) is 3.31. The first-order valence-corrected chi connectivity index (χ1v) is 9.49. The van der Waals surface area contributed by atoms with Crippen LogP contribution < -0.4 is 10.2 Å². The Kier molecular flexibility index (Phi) is 4.73. The van der Waals surface area contributed by atoms with Crippen LogP contribution in [0.2, 0.25) is 0 Å². The van der Waals surface area contributed by atoms with Crippen molar-refractivity contribution in [1.29, 1.82) is 0 Å². The average Bonchev–Trinajstić information content (AvgIpc) is 3.01. The van der Waals surface area contributed by atoms with Crippen molar-refractivity contribution in [1.82, 2.24) is 14.5 Å². The number of hydrogen-bond acceptors (Lipinski definition) is 3. The summed E-state index contributed by atoms with van der Waals surface area (Å²) in [6.45, 7) is 2.45. The first-order chi connectivity index (χ1) is 13.0. The van der Waals surface area contributed by atoms with Gasteiger partial charge in [-0.2, -0.15) is 0 Å². The number of nitrogens with one attached hydrogen (secondary N) is 1. The molecule has 0 bridgehead atoms. The second kappa shape index (κ2) is 7.19. The van der Waals surface area contributed by atoms with Gasteiger partial charge >= 0.3 is 6.03 Å². The molecular weight excluding hydrogens is 413 g/mol. The van der Waals surface area contributed by atoms with Crippen LogP contribution in [0.15, 0.2) is 46.9 Å². The third-order valence-electron chi connectivity index (χ3n) is 4.79. The highest BCUT2D eigenvalue weighted by Gasteiger charge is 2.24. The Labute approximate surface area is 164 Å². The number of piperazine rings is 1. The van der Waals surface area contributed by atoms with Gasteiger partial charge in [-0.25, -0.2) is 14.2 Å². The molecule has 1 aliphatic heterocycles. The molecule has 0 aliphatic carbocycles. The van der Waals surface area contributed by atoms with E-state index in [0.717, 1.165) is 17.0 Å². The predicted molar refractivity (Wildman–Crippen MR) is 108 cm³/mol. The van der Waals surface area contributed by atoms with Gasteiger partial charge in [-0.05, 0) is 30.3 Å². The van der Waals surface area contributed by atoms with E-state index < -0.39 is 5.82 Å². The molecule has 4 rings (SSSR count). The van der Waals surface area contributed by atoms with Crippen LogP contribution in [-0.2, 0) is 7.05 Å². The van der Waals surface area contributed by atoms with Crippen molar-refractivity contribution in [2.24, 2.45) is 7.05 Å².